The highest BCUT2D eigenvalue weighted by Gasteiger charge is 2.26. The minimum absolute atomic E-state index is 0.621. The van der Waals surface area contributed by atoms with Crippen molar-refractivity contribution in [3.63, 3.8) is 0 Å². The van der Waals surface area contributed by atoms with Gasteiger partial charge in [0.1, 0.15) is 11.4 Å². The van der Waals surface area contributed by atoms with Crippen LogP contribution in [0.2, 0.25) is 5.02 Å². The van der Waals surface area contributed by atoms with E-state index < -0.39 is 5.60 Å². The molecular weight excluding hydrogens is 248 g/mol. The summed E-state index contributed by atoms with van der Waals surface area (Å²) in [6, 6.07) is 5.32. The van der Waals surface area contributed by atoms with Crippen LogP contribution in [0.15, 0.2) is 18.2 Å². The van der Waals surface area contributed by atoms with E-state index in [2.05, 4.69) is 11.8 Å². The zero-order valence-electron chi connectivity index (χ0n) is 10.5. The average Bonchev–Trinajstić information content (AvgIpc) is 2.38. The molecule has 18 heavy (non-hydrogen) atoms. The molecule has 2 nitrogen and oxygen atoms in total. The van der Waals surface area contributed by atoms with Gasteiger partial charge >= 0.3 is 0 Å². The van der Waals surface area contributed by atoms with Crippen LogP contribution in [-0.4, -0.2) is 17.8 Å². The van der Waals surface area contributed by atoms with Crippen molar-refractivity contribution in [3.05, 3.63) is 28.8 Å². The third-order valence-corrected chi connectivity index (χ3v) is 3.51. The molecule has 0 heterocycles. The van der Waals surface area contributed by atoms with E-state index in [-0.39, 0.29) is 0 Å². The molecule has 1 aliphatic rings. The van der Waals surface area contributed by atoms with Crippen molar-refractivity contribution in [1.29, 1.82) is 0 Å². The lowest BCUT2D eigenvalue weighted by Crippen LogP contribution is -2.29. The second-order valence-electron chi connectivity index (χ2n) is 4.69. The first-order valence-corrected chi connectivity index (χ1v) is 6.60. The molecule has 3 heteroatoms. The van der Waals surface area contributed by atoms with Gasteiger partial charge in [-0.3, -0.25) is 0 Å². The molecular formula is C15H17ClO2. The van der Waals surface area contributed by atoms with E-state index in [9.17, 15) is 5.11 Å². The van der Waals surface area contributed by atoms with Crippen LogP contribution >= 0.6 is 11.6 Å². The molecule has 0 aromatic heterocycles. The second kappa shape index (κ2) is 5.65. The Morgan fingerprint density at radius 2 is 2.00 bits per heavy atom. The highest BCUT2D eigenvalue weighted by molar-refractivity contribution is 6.30. The quantitative estimate of drug-likeness (QED) is 0.788. The molecule has 0 unspecified atom stereocenters. The van der Waals surface area contributed by atoms with Crippen molar-refractivity contribution in [3.8, 4) is 17.6 Å². The molecule has 1 aliphatic carbocycles. The van der Waals surface area contributed by atoms with E-state index in [0.717, 1.165) is 31.2 Å². The smallest absolute Gasteiger partial charge is 0.134 e. The molecule has 1 aromatic rings. The van der Waals surface area contributed by atoms with E-state index in [1.165, 1.54) is 6.42 Å². The molecule has 0 atom stereocenters. The number of halogens is 1. The molecule has 1 N–H and O–H groups in total. The Bertz CT molecular complexity index is 479. The van der Waals surface area contributed by atoms with Gasteiger partial charge in [-0.25, -0.2) is 0 Å². The summed E-state index contributed by atoms with van der Waals surface area (Å²) in [5.74, 6) is 6.68. The van der Waals surface area contributed by atoms with Gasteiger partial charge in [-0.15, -0.1) is 0 Å². The Kier molecular flexibility index (Phi) is 4.16. The lowest BCUT2D eigenvalue weighted by atomic mass is 9.85. The van der Waals surface area contributed by atoms with Crippen LogP contribution in [0.1, 0.15) is 37.7 Å². The number of aliphatic hydroxyl groups is 1. The number of ether oxygens (including phenoxy) is 1. The van der Waals surface area contributed by atoms with E-state index in [1.54, 1.807) is 25.3 Å². The highest BCUT2D eigenvalue weighted by atomic mass is 35.5. The lowest BCUT2D eigenvalue weighted by molar-refractivity contribution is 0.0610. The fourth-order valence-electron chi connectivity index (χ4n) is 2.22. The predicted molar refractivity (Wildman–Crippen MR) is 72.9 cm³/mol. The zero-order valence-corrected chi connectivity index (χ0v) is 11.3. The molecule has 0 spiro atoms. The molecule has 0 aliphatic heterocycles. The SMILES string of the molecule is COc1ccc(Cl)cc1C#CC1(O)CCCCC1. The summed E-state index contributed by atoms with van der Waals surface area (Å²) >= 11 is 5.94. The van der Waals surface area contributed by atoms with Gasteiger partial charge in [0.05, 0.1) is 12.7 Å². The summed E-state index contributed by atoms with van der Waals surface area (Å²) < 4.78 is 5.23. The summed E-state index contributed by atoms with van der Waals surface area (Å²) in [6.45, 7) is 0. The summed E-state index contributed by atoms with van der Waals surface area (Å²) in [7, 11) is 1.60. The van der Waals surface area contributed by atoms with Crippen LogP contribution in [0.25, 0.3) is 0 Å². The molecule has 2 rings (SSSR count). The maximum atomic E-state index is 10.3. The maximum absolute atomic E-state index is 10.3. The minimum atomic E-state index is -0.842. The van der Waals surface area contributed by atoms with Crippen LogP contribution in [0.5, 0.6) is 5.75 Å². The van der Waals surface area contributed by atoms with Gasteiger partial charge in [0, 0.05) is 5.02 Å². The van der Waals surface area contributed by atoms with E-state index in [0.29, 0.717) is 10.8 Å². The third kappa shape index (κ3) is 3.19. The number of hydrogen-bond donors (Lipinski definition) is 1. The molecule has 1 saturated carbocycles. The van der Waals surface area contributed by atoms with Crippen molar-refractivity contribution in [2.75, 3.05) is 7.11 Å². The molecule has 0 bridgehead atoms. The molecule has 0 radical (unpaired) electrons. The normalized spacial score (nSPS) is 17.7. The molecule has 96 valence electrons. The Morgan fingerprint density at radius 1 is 1.28 bits per heavy atom. The fraction of sp³-hybridized carbons (Fsp3) is 0.467. The fourth-order valence-corrected chi connectivity index (χ4v) is 2.40. The van der Waals surface area contributed by atoms with Crippen LogP contribution < -0.4 is 4.74 Å². The van der Waals surface area contributed by atoms with Crippen LogP contribution in [-0.2, 0) is 0 Å². The predicted octanol–water partition coefficient (Wildman–Crippen LogP) is 3.40. The van der Waals surface area contributed by atoms with Crippen molar-refractivity contribution in [1.82, 2.24) is 0 Å². The number of benzene rings is 1. The van der Waals surface area contributed by atoms with E-state index in [1.807, 2.05) is 0 Å². The van der Waals surface area contributed by atoms with Crippen LogP contribution in [0, 0.1) is 11.8 Å². The van der Waals surface area contributed by atoms with Crippen LogP contribution in [0.3, 0.4) is 0 Å². The van der Waals surface area contributed by atoms with Crippen LogP contribution in [0.4, 0.5) is 0 Å². The molecule has 1 fully saturated rings. The van der Waals surface area contributed by atoms with Gasteiger partial charge in [0.2, 0.25) is 0 Å². The Hall–Kier alpha value is -1.17. The Morgan fingerprint density at radius 3 is 2.67 bits per heavy atom. The van der Waals surface area contributed by atoms with Gasteiger partial charge in [0.25, 0.3) is 0 Å². The lowest BCUT2D eigenvalue weighted by Gasteiger charge is -2.26. The zero-order chi connectivity index (χ0) is 13.0. The summed E-state index contributed by atoms with van der Waals surface area (Å²) in [6.07, 6.45) is 4.77. The van der Waals surface area contributed by atoms with Crippen molar-refractivity contribution >= 4 is 11.6 Å². The first-order chi connectivity index (χ1) is 8.63. The minimum Gasteiger partial charge on any atom is -0.495 e. The van der Waals surface area contributed by atoms with E-state index in [4.69, 9.17) is 16.3 Å². The Labute approximate surface area is 113 Å². The number of methoxy groups -OCH3 is 1. The molecule has 0 amide bonds. The van der Waals surface area contributed by atoms with Gasteiger partial charge in [-0.05, 0) is 43.9 Å². The molecule has 0 saturated heterocycles. The second-order valence-corrected chi connectivity index (χ2v) is 5.12. The monoisotopic (exact) mass is 264 g/mol. The highest BCUT2D eigenvalue weighted by Crippen LogP contribution is 2.28. The van der Waals surface area contributed by atoms with Gasteiger partial charge < -0.3 is 9.84 Å². The standard InChI is InChI=1S/C15H17ClO2/c1-18-14-6-5-13(16)11-12(14)7-10-15(17)8-3-2-4-9-15/h5-6,11,17H,2-4,8-9H2,1H3. The van der Waals surface area contributed by atoms with Crippen molar-refractivity contribution in [2.24, 2.45) is 0 Å². The van der Waals surface area contributed by atoms with Crippen molar-refractivity contribution < 1.29 is 9.84 Å². The number of hydrogen-bond acceptors (Lipinski definition) is 2. The third-order valence-electron chi connectivity index (χ3n) is 3.27. The average molecular weight is 265 g/mol. The van der Waals surface area contributed by atoms with E-state index >= 15 is 0 Å². The Balaban J connectivity index is 2.25. The summed E-state index contributed by atoms with van der Waals surface area (Å²) in [5.41, 5.74) is -0.116. The molecule has 1 aromatic carbocycles. The first kappa shape index (κ1) is 13.3. The summed E-state index contributed by atoms with van der Waals surface area (Å²) in [5, 5.41) is 10.9. The largest absolute Gasteiger partial charge is 0.495 e. The van der Waals surface area contributed by atoms with Crippen molar-refractivity contribution in [2.45, 2.75) is 37.7 Å². The van der Waals surface area contributed by atoms with Gasteiger partial charge in [-0.1, -0.05) is 29.9 Å². The topological polar surface area (TPSA) is 29.5 Å². The maximum Gasteiger partial charge on any atom is 0.134 e. The number of rotatable bonds is 1. The first-order valence-electron chi connectivity index (χ1n) is 6.22. The van der Waals surface area contributed by atoms with Gasteiger partial charge in [-0.2, -0.15) is 0 Å². The van der Waals surface area contributed by atoms with Gasteiger partial charge in [0.15, 0.2) is 0 Å². The summed E-state index contributed by atoms with van der Waals surface area (Å²) in [4.78, 5) is 0.